The second-order valence-electron chi connectivity index (χ2n) is 12.5. The van der Waals surface area contributed by atoms with Gasteiger partial charge in [-0.3, -0.25) is 14.4 Å². The number of allylic oxidation sites excluding steroid dienone is 1. The minimum Gasteiger partial charge on any atom is -0.459 e. The molecule has 42 heavy (non-hydrogen) atoms. The van der Waals surface area contributed by atoms with Crippen molar-refractivity contribution in [3.05, 3.63) is 65.3 Å². The highest BCUT2D eigenvalue weighted by molar-refractivity contribution is 5.98. The molecule has 1 aromatic rings. The fourth-order valence-corrected chi connectivity index (χ4v) is 7.22. The van der Waals surface area contributed by atoms with E-state index in [1.807, 2.05) is 30.3 Å². The lowest BCUT2D eigenvalue weighted by Crippen LogP contribution is -2.70. The lowest BCUT2D eigenvalue weighted by molar-refractivity contribution is -0.231. The third kappa shape index (κ3) is 5.24. The van der Waals surface area contributed by atoms with Crippen molar-refractivity contribution in [2.75, 3.05) is 0 Å². The molecule has 3 aliphatic rings. The highest BCUT2D eigenvalue weighted by atomic mass is 16.6. The fraction of sp³-hybridized carbons (Fsp3) is 0.515. The van der Waals surface area contributed by atoms with Crippen molar-refractivity contribution in [2.45, 2.75) is 90.8 Å². The number of aliphatic hydroxyl groups is 2. The maximum atomic E-state index is 13.4. The second kappa shape index (κ2) is 11.3. The van der Waals surface area contributed by atoms with Crippen LogP contribution in [0.2, 0.25) is 0 Å². The van der Waals surface area contributed by atoms with Crippen LogP contribution in [-0.2, 0) is 33.4 Å². The molecule has 1 aromatic carbocycles. The summed E-state index contributed by atoms with van der Waals surface area (Å²) in [7, 11) is 0. The van der Waals surface area contributed by atoms with Gasteiger partial charge in [0.25, 0.3) is 0 Å². The van der Waals surface area contributed by atoms with Crippen molar-refractivity contribution < 1.29 is 43.6 Å². The Morgan fingerprint density at radius 3 is 2.24 bits per heavy atom. The maximum absolute atomic E-state index is 13.4. The van der Waals surface area contributed by atoms with Crippen molar-refractivity contribution in [3.8, 4) is 0 Å². The third-order valence-corrected chi connectivity index (χ3v) is 9.55. The van der Waals surface area contributed by atoms with E-state index in [0.717, 1.165) is 5.56 Å². The van der Waals surface area contributed by atoms with Crippen molar-refractivity contribution in [2.24, 2.45) is 16.7 Å². The predicted molar refractivity (Wildman–Crippen MR) is 153 cm³/mol. The monoisotopic (exact) mass is 580 g/mol. The van der Waals surface area contributed by atoms with Gasteiger partial charge in [-0.15, -0.1) is 0 Å². The summed E-state index contributed by atoms with van der Waals surface area (Å²) >= 11 is 0. The highest BCUT2D eigenvalue weighted by Crippen LogP contribution is 2.61. The zero-order valence-electron chi connectivity index (χ0n) is 25.0. The number of aliphatic hydroxyl groups excluding tert-OH is 1. The summed E-state index contributed by atoms with van der Waals surface area (Å²) in [5, 5.41) is 24.6. The summed E-state index contributed by atoms with van der Waals surface area (Å²) in [6.45, 7) is 13.4. The molecule has 7 atom stereocenters. The molecule has 3 aliphatic carbocycles. The van der Waals surface area contributed by atoms with E-state index in [0.29, 0.717) is 5.57 Å². The lowest BCUT2D eigenvalue weighted by atomic mass is 9.48. The zero-order valence-corrected chi connectivity index (χ0v) is 25.0. The number of hydrogen-bond acceptors (Lipinski definition) is 9. The maximum Gasteiger partial charge on any atom is 0.331 e. The first-order valence-electron chi connectivity index (χ1n) is 14.2. The van der Waals surface area contributed by atoms with Gasteiger partial charge in [0.15, 0.2) is 11.9 Å². The van der Waals surface area contributed by atoms with Crippen molar-refractivity contribution in [1.29, 1.82) is 0 Å². The number of fused-ring (bicyclic) bond motifs is 3. The largest absolute Gasteiger partial charge is 0.459 e. The van der Waals surface area contributed by atoms with Crippen LogP contribution >= 0.6 is 0 Å². The van der Waals surface area contributed by atoms with Crippen LogP contribution in [0, 0.1) is 16.7 Å². The smallest absolute Gasteiger partial charge is 0.331 e. The zero-order chi connectivity index (χ0) is 31.2. The van der Waals surface area contributed by atoms with E-state index in [4.69, 9.17) is 14.2 Å². The first-order chi connectivity index (χ1) is 19.5. The molecule has 226 valence electrons. The van der Waals surface area contributed by atoms with Gasteiger partial charge in [-0.2, -0.15) is 0 Å². The summed E-state index contributed by atoms with van der Waals surface area (Å²) in [4.78, 5) is 51.1. The van der Waals surface area contributed by atoms with Crippen LogP contribution in [0.3, 0.4) is 0 Å². The van der Waals surface area contributed by atoms with Gasteiger partial charge >= 0.3 is 17.9 Å². The number of benzene rings is 1. The Bertz CT molecular complexity index is 1360. The number of carbonyl (C=O) groups excluding carboxylic acids is 4. The van der Waals surface area contributed by atoms with Gasteiger partial charge in [0, 0.05) is 43.1 Å². The number of hydrogen-bond donors (Lipinski definition) is 2. The summed E-state index contributed by atoms with van der Waals surface area (Å²) < 4.78 is 17.4. The highest BCUT2D eigenvalue weighted by Gasteiger charge is 2.68. The van der Waals surface area contributed by atoms with Crippen LogP contribution in [0.15, 0.2) is 59.7 Å². The Morgan fingerprint density at radius 2 is 1.64 bits per heavy atom. The Morgan fingerprint density at radius 1 is 1.02 bits per heavy atom. The minimum atomic E-state index is -1.98. The summed E-state index contributed by atoms with van der Waals surface area (Å²) in [6, 6.07) is 9.23. The van der Waals surface area contributed by atoms with Crippen molar-refractivity contribution in [1.82, 2.24) is 0 Å². The van der Waals surface area contributed by atoms with Gasteiger partial charge in [-0.25, -0.2) is 4.79 Å². The number of rotatable bonds is 5. The third-order valence-electron chi connectivity index (χ3n) is 9.55. The Balaban J connectivity index is 1.83. The molecule has 0 amide bonds. The van der Waals surface area contributed by atoms with Crippen LogP contribution in [0.25, 0.3) is 6.08 Å². The summed E-state index contributed by atoms with van der Waals surface area (Å²) in [5.41, 5.74) is -2.74. The van der Waals surface area contributed by atoms with E-state index in [9.17, 15) is 29.4 Å². The van der Waals surface area contributed by atoms with Crippen molar-refractivity contribution in [3.63, 3.8) is 0 Å². The van der Waals surface area contributed by atoms with Gasteiger partial charge in [0.05, 0.1) is 0 Å². The number of esters is 3. The van der Waals surface area contributed by atoms with Crippen LogP contribution in [-0.4, -0.2) is 63.9 Å². The molecular formula is C33H40O9. The van der Waals surface area contributed by atoms with E-state index in [1.54, 1.807) is 33.8 Å². The minimum absolute atomic E-state index is 0.241. The standard InChI is InChI=1S/C33H40O9/c1-18-23(36)17-33(39)30(41-21(4)35)27-19(2)24(42-25(37)14-13-22-11-9-8-10-12-22)15-16-32(27,7)29(38)28(40-20(3)34)26(18)31(33,5)6/h8-14,24,27-30,38-39H,2,15-17H2,1,3-7H3/b14-13+/t24?,27-,28?,29?,30?,32+,33+/m0/s1. The first kappa shape index (κ1) is 31.4. The number of carbonyl (C=O) groups is 4. The molecule has 2 bridgehead atoms. The average molecular weight is 581 g/mol. The van der Waals surface area contributed by atoms with Gasteiger partial charge < -0.3 is 24.4 Å². The van der Waals surface area contributed by atoms with Gasteiger partial charge in [0.1, 0.15) is 23.9 Å². The number of Topliss-reactive ketones (excluding diaryl/α,β-unsaturated/α-hetero) is 1. The topological polar surface area (TPSA) is 136 Å². The molecule has 2 saturated carbocycles. The van der Waals surface area contributed by atoms with Gasteiger partial charge in [0.2, 0.25) is 0 Å². The molecule has 0 aliphatic heterocycles. The second-order valence-corrected chi connectivity index (χ2v) is 12.5. The van der Waals surface area contributed by atoms with Crippen LogP contribution in [0.4, 0.5) is 0 Å². The van der Waals surface area contributed by atoms with Gasteiger partial charge in [-0.1, -0.05) is 57.7 Å². The molecule has 9 heteroatoms. The molecule has 0 radical (unpaired) electrons. The van der Waals surface area contributed by atoms with Gasteiger partial charge in [-0.05, 0) is 48.1 Å². The lowest BCUT2D eigenvalue weighted by Gasteiger charge is -2.61. The van der Waals surface area contributed by atoms with E-state index >= 15 is 0 Å². The summed E-state index contributed by atoms with van der Waals surface area (Å²) in [6.07, 6.45) is -1.76. The number of ether oxygens (including phenoxy) is 3. The van der Waals surface area contributed by atoms with Crippen LogP contribution < -0.4 is 0 Å². The molecular weight excluding hydrogens is 540 g/mol. The first-order valence-corrected chi connectivity index (χ1v) is 14.2. The van der Waals surface area contributed by atoms with E-state index < -0.39 is 70.5 Å². The SMILES string of the molecule is C=C1C(OC(=O)/C=C/c2ccccc2)CC[C@@]2(C)C(O)C(OC(C)=O)C3=C(C)C(=O)C[C@@](O)(C(OC(C)=O)[C@H]12)C3(C)C. The molecule has 0 heterocycles. The fourth-order valence-electron chi connectivity index (χ4n) is 7.22. The molecule has 2 fully saturated rings. The molecule has 0 spiro atoms. The molecule has 0 aromatic heterocycles. The number of ketones is 1. The normalized spacial score (nSPS) is 34.2. The van der Waals surface area contributed by atoms with E-state index in [1.165, 1.54) is 19.9 Å². The Kier molecular flexibility index (Phi) is 8.41. The molecule has 4 rings (SSSR count). The Labute approximate surface area is 246 Å². The van der Waals surface area contributed by atoms with E-state index in [-0.39, 0.29) is 30.4 Å². The Hall–Kier alpha value is -3.56. The predicted octanol–water partition coefficient (Wildman–Crippen LogP) is 3.87. The molecule has 4 unspecified atom stereocenters. The average Bonchev–Trinajstić information content (AvgIpc) is 2.90. The quantitative estimate of drug-likeness (QED) is 0.230. The van der Waals surface area contributed by atoms with Crippen LogP contribution in [0.5, 0.6) is 0 Å². The summed E-state index contributed by atoms with van der Waals surface area (Å²) in [5.74, 6) is -3.38. The molecule has 9 nitrogen and oxygen atoms in total. The van der Waals surface area contributed by atoms with Crippen molar-refractivity contribution >= 4 is 29.8 Å². The van der Waals surface area contributed by atoms with E-state index in [2.05, 4.69) is 6.58 Å². The molecule has 2 N–H and O–H groups in total. The van der Waals surface area contributed by atoms with Crippen LogP contribution in [0.1, 0.15) is 66.4 Å². The molecule has 0 saturated heterocycles.